The van der Waals surface area contributed by atoms with E-state index in [2.05, 4.69) is 50.4 Å². The fourth-order valence-corrected chi connectivity index (χ4v) is 5.33. The van der Waals surface area contributed by atoms with Gasteiger partial charge in [-0.25, -0.2) is 0 Å². The first-order chi connectivity index (χ1) is 14.0. The van der Waals surface area contributed by atoms with Gasteiger partial charge in [-0.15, -0.1) is 0 Å². The Kier molecular flexibility index (Phi) is 6.09. The second kappa shape index (κ2) is 8.74. The monoisotopic (exact) mass is 406 g/mol. The van der Waals surface area contributed by atoms with Crippen LogP contribution in [0.3, 0.4) is 0 Å². The molecule has 0 aromatic heterocycles. The number of carbonyl (C=O) groups excluding carboxylic acids is 1. The van der Waals surface area contributed by atoms with Crippen LogP contribution in [0.25, 0.3) is 0 Å². The quantitative estimate of drug-likeness (QED) is 0.614. The van der Waals surface area contributed by atoms with Gasteiger partial charge in [-0.3, -0.25) is 9.79 Å². The standard InChI is InChI=1S/C25H30N2OS/c1-4-7-21-19-14-16(2)10-12-23(19)29-24-13-11-18(15-22(24)26-21)25(28)27-20-9-6-5-8-17(20)3/h10-15,17,20H,4-9H2,1-3H3,(H,27,28)/t17-,20-/m1/s1. The Morgan fingerprint density at radius 1 is 1.14 bits per heavy atom. The maximum absolute atomic E-state index is 12.9. The lowest BCUT2D eigenvalue weighted by atomic mass is 9.86. The average Bonchev–Trinajstić information content (AvgIpc) is 2.86. The number of benzene rings is 2. The Morgan fingerprint density at radius 3 is 2.72 bits per heavy atom. The summed E-state index contributed by atoms with van der Waals surface area (Å²) in [6, 6.07) is 12.9. The van der Waals surface area contributed by atoms with Gasteiger partial charge < -0.3 is 5.32 Å². The topological polar surface area (TPSA) is 41.5 Å². The molecule has 1 amide bonds. The minimum absolute atomic E-state index is 0.0291. The van der Waals surface area contributed by atoms with Crippen LogP contribution in [0.15, 0.2) is 51.2 Å². The first kappa shape index (κ1) is 20.2. The molecular formula is C25H30N2OS. The molecule has 1 fully saturated rings. The van der Waals surface area contributed by atoms with E-state index in [1.54, 1.807) is 11.8 Å². The van der Waals surface area contributed by atoms with Crippen LogP contribution in [-0.2, 0) is 0 Å². The van der Waals surface area contributed by atoms with E-state index in [-0.39, 0.29) is 11.9 Å². The van der Waals surface area contributed by atoms with Gasteiger partial charge in [-0.1, -0.05) is 56.5 Å². The van der Waals surface area contributed by atoms with Crippen molar-refractivity contribution in [2.75, 3.05) is 0 Å². The molecule has 3 nitrogen and oxygen atoms in total. The van der Waals surface area contributed by atoms with Crippen LogP contribution < -0.4 is 5.32 Å². The average molecular weight is 407 g/mol. The van der Waals surface area contributed by atoms with E-state index in [1.165, 1.54) is 35.3 Å². The van der Waals surface area contributed by atoms with Crippen LogP contribution in [-0.4, -0.2) is 17.7 Å². The number of hydrogen-bond acceptors (Lipinski definition) is 3. The van der Waals surface area contributed by atoms with Gasteiger partial charge in [0.25, 0.3) is 5.91 Å². The van der Waals surface area contributed by atoms with Gasteiger partial charge >= 0.3 is 0 Å². The highest BCUT2D eigenvalue weighted by molar-refractivity contribution is 7.99. The number of nitrogens with zero attached hydrogens (tertiary/aromatic N) is 1. The molecule has 29 heavy (non-hydrogen) atoms. The zero-order chi connectivity index (χ0) is 20.4. The van der Waals surface area contributed by atoms with Crippen molar-refractivity contribution in [1.29, 1.82) is 0 Å². The van der Waals surface area contributed by atoms with Crippen LogP contribution in [0.2, 0.25) is 0 Å². The van der Waals surface area contributed by atoms with Crippen LogP contribution >= 0.6 is 11.8 Å². The van der Waals surface area contributed by atoms with Gasteiger partial charge in [-0.2, -0.15) is 0 Å². The van der Waals surface area contributed by atoms with Crippen molar-refractivity contribution in [3.63, 3.8) is 0 Å². The largest absolute Gasteiger partial charge is 0.349 e. The van der Waals surface area contributed by atoms with Gasteiger partial charge in [0.05, 0.1) is 5.69 Å². The van der Waals surface area contributed by atoms with E-state index in [9.17, 15) is 4.79 Å². The van der Waals surface area contributed by atoms with Crippen molar-refractivity contribution in [1.82, 2.24) is 5.32 Å². The molecule has 2 atom stereocenters. The Labute approximate surface area is 178 Å². The number of rotatable bonds is 4. The maximum atomic E-state index is 12.9. The molecule has 1 N–H and O–H groups in total. The highest BCUT2D eigenvalue weighted by Gasteiger charge is 2.24. The lowest BCUT2D eigenvalue weighted by Crippen LogP contribution is -2.41. The molecule has 2 aliphatic rings. The molecule has 1 aliphatic carbocycles. The minimum Gasteiger partial charge on any atom is -0.349 e. The molecule has 4 heteroatoms. The van der Waals surface area contributed by atoms with E-state index in [4.69, 9.17) is 4.99 Å². The third-order valence-electron chi connectivity index (χ3n) is 6.06. The van der Waals surface area contributed by atoms with E-state index in [0.29, 0.717) is 11.5 Å². The second-order valence-corrected chi connectivity index (χ2v) is 9.52. The van der Waals surface area contributed by atoms with Crippen molar-refractivity contribution in [2.24, 2.45) is 10.9 Å². The minimum atomic E-state index is 0.0291. The summed E-state index contributed by atoms with van der Waals surface area (Å²) < 4.78 is 0. The third-order valence-corrected chi connectivity index (χ3v) is 7.20. The Bertz CT molecular complexity index is 950. The van der Waals surface area contributed by atoms with Crippen LogP contribution in [0.1, 0.15) is 73.9 Å². The van der Waals surface area contributed by atoms with Crippen molar-refractivity contribution < 1.29 is 4.79 Å². The zero-order valence-electron chi connectivity index (χ0n) is 17.6. The maximum Gasteiger partial charge on any atom is 0.251 e. The Morgan fingerprint density at radius 2 is 1.93 bits per heavy atom. The zero-order valence-corrected chi connectivity index (χ0v) is 18.4. The second-order valence-electron chi connectivity index (χ2n) is 8.43. The number of aliphatic imine (C=N–C) groups is 1. The summed E-state index contributed by atoms with van der Waals surface area (Å²) in [4.78, 5) is 20.3. The summed E-state index contributed by atoms with van der Waals surface area (Å²) in [6.07, 6.45) is 6.75. The summed E-state index contributed by atoms with van der Waals surface area (Å²) in [5.74, 6) is 0.581. The number of hydrogen-bond donors (Lipinski definition) is 1. The molecule has 152 valence electrons. The number of carbonyl (C=O) groups is 1. The Balaban J connectivity index is 1.65. The molecule has 2 aromatic rings. The highest BCUT2D eigenvalue weighted by atomic mass is 32.2. The smallest absolute Gasteiger partial charge is 0.251 e. The fraction of sp³-hybridized carbons (Fsp3) is 0.440. The molecule has 1 aliphatic heterocycles. The summed E-state index contributed by atoms with van der Waals surface area (Å²) in [5, 5.41) is 3.27. The lowest BCUT2D eigenvalue weighted by molar-refractivity contribution is 0.0910. The molecule has 0 unspecified atom stereocenters. The number of aryl methyl sites for hydroxylation is 1. The van der Waals surface area contributed by atoms with Gasteiger partial charge in [-0.05, 0) is 62.4 Å². The first-order valence-electron chi connectivity index (χ1n) is 10.9. The van der Waals surface area contributed by atoms with Crippen molar-refractivity contribution in [2.45, 2.75) is 75.1 Å². The van der Waals surface area contributed by atoms with Gasteiger partial charge in [0, 0.05) is 32.7 Å². The molecule has 2 aromatic carbocycles. The highest BCUT2D eigenvalue weighted by Crippen LogP contribution is 2.41. The predicted octanol–water partition coefficient (Wildman–Crippen LogP) is 6.69. The van der Waals surface area contributed by atoms with E-state index in [0.717, 1.165) is 35.6 Å². The summed E-state index contributed by atoms with van der Waals surface area (Å²) in [7, 11) is 0. The molecule has 4 rings (SSSR count). The lowest BCUT2D eigenvalue weighted by Gasteiger charge is -2.29. The van der Waals surface area contributed by atoms with Crippen molar-refractivity contribution in [3.8, 4) is 0 Å². The molecule has 0 radical (unpaired) electrons. The van der Waals surface area contributed by atoms with Gasteiger partial charge in [0.15, 0.2) is 0 Å². The van der Waals surface area contributed by atoms with Crippen molar-refractivity contribution >= 4 is 29.1 Å². The first-order valence-corrected chi connectivity index (χ1v) is 11.7. The molecule has 1 heterocycles. The Hall–Kier alpha value is -2.07. The van der Waals surface area contributed by atoms with E-state index in [1.807, 2.05) is 12.1 Å². The van der Waals surface area contributed by atoms with Crippen molar-refractivity contribution in [3.05, 3.63) is 53.1 Å². The third kappa shape index (κ3) is 4.42. The number of fused-ring (bicyclic) bond motifs is 2. The fourth-order valence-electron chi connectivity index (χ4n) is 4.32. The SMILES string of the molecule is CCCC1=Nc2cc(C(=O)N[C@@H]3CCCC[C@H]3C)ccc2Sc2ccc(C)cc21. The van der Waals surface area contributed by atoms with E-state index >= 15 is 0 Å². The molecule has 0 spiro atoms. The molecular weight excluding hydrogens is 376 g/mol. The molecule has 0 saturated heterocycles. The van der Waals surface area contributed by atoms with Crippen LogP contribution in [0.4, 0.5) is 5.69 Å². The molecule has 1 saturated carbocycles. The number of amides is 1. The summed E-state index contributed by atoms with van der Waals surface area (Å²) in [5.41, 5.74) is 5.23. The normalized spacial score (nSPS) is 20.9. The predicted molar refractivity (Wildman–Crippen MR) is 122 cm³/mol. The van der Waals surface area contributed by atoms with Gasteiger partial charge in [0.2, 0.25) is 0 Å². The van der Waals surface area contributed by atoms with E-state index < -0.39 is 0 Å². The van der Waals surface area contributed by atoms with Crippen LogP contribution in [0.5, 0.6) is 0 Å². The van der Waals surface area contributed by atoms with Gasteiger partial charge in [0.1, 0.15) is 0 Å². The summed E-state index contributed by atoms with van der Waals surface area (Å²) >= 11 is 1.75. The number of nitrogens with one attached hydrogen (secondary N) is 1. The summed E-state index contributed by atoms with van der Waals surface area (Å²) in [6.45, 7) is 6.56. The molecule has 0 bridgehead atoms. The van der Waals surface area contributed by atoms with Crippen LogP contribution in [0, 0.1) is 12.8 Å².